The van der Waals surface area contributed by atoms with Gasteiger partial charge in [-0.2, -0.15) is 11.8 Å². The van der Waals surface area contributed by atoms with Gasteiger partial charge in [-0.3, -0.25) is 10.2 Å². The third kappa shape index (κ3) is 4.15. The number of carbonyl (C=O) groups excluding carboxylic acids is 1. The van der Waals surface area contributed by atoms with E-state index in [1.54, 1.807) is 17.8 Å². The molecule has 3 N–H and O–H groups in total. The van der Waals surface area contributed by atoms with Gasteiger partial charge in [-0.05, 0) is 23.7 Å². The van der Waals surface area contributed by atoms with Gasteiger partial charge in [-0.15, -0.1) is 0 Å². The van der Waals surface area contributed by atoms with Crippen LogP contribution in [0.25, 0.3) is 0 Å². The van der Waals surface area contributed by atoms with Crippen molar-refractivity contribution >= 4 is 29.3 Å². The van der Waals surface area contributed by atoms with Crippen molar-refractivity contribution in [2.24, 2.45) is 11.8 Å². The molecule has 1 unspecified atom stereocenters. The summed E-state index contributed by atoms with van der Waals surface area (Å²) < 4.78 is 5.17. The fourth-order valence-corrected chi connectivity index (χ4v) is 2.12. The highest BCUT2D eigenvalue weighted by Crippen LogP contribution is 2.19. The van der Waals surface area contributed by atoms with E-state index in [0.717, 1.165) is 5.76 Å². The molecule has 1 heterocycles. The summed E-state index contributed by atoms with van der Waals surface area (Å²) in [6.07, 6.45) is 0. The predicted octanol–water partition coefficient (Wildman–Crippen LogP) is 1.79. The molecule has 0 aromatic carbocycles. The fourth-order valence-electron chi connectivity index (χ4n) is 0.984. The molecule has 1 rings (SSSR count). The zero-order valence-corrected chi connectivity index (χ0v) is 9.90. The van der Waals surface area contributed by atoms with E-state index in [1.165, 1.54) is 0 Å². The van der Waals surface area contributed by atoms with E-state index >= 15 is 0 Å². The molecule has 1 amide bonds. The number of furan rings is 1. The molecular formula is C9H13ClN2O2S. The van der Waals surface area contributed by atoms with Crippen molar-refractivity contribution in [1.82, 2.24) is 5.43 Å². The van der Waals surface area contributed by atoms with Gasteiger partial charge in [-0.25, -0.2) is 5.84 Å². The second kappa shape index (κ2) is 6.05. The number of hydrogen-bond acceptors (Lipinski definition) is 4. The maximum Gasteiger partial charge on any atom is 0.237 e. The lowest BCUT2D eigenvalue weighted by Gasteiger charge is -2.07. The van der Waals surface area contributed by atoms with E-state index in [2.05, 4.69) is 5.43 Å². The summed E-state index contributed by atoms with van der Waals surface area (Å²) in [6.45, 7) is 1.82. The van der Waals surface area contributed by atoms with Crippen LogP contribution in [0.2, 0.25) is 5.22 Å². The molecule has 1 atom stereocenters. The Morgan fingerprint density at radius 2 is 2.47 bits per heavy atom. The largest absolute Gasteiger partial charge is 0.449 e. The summed E-state index contributed by atoms with van der Waals surface area (Å²) in [6, 6.07) is 3.52. The Balaban J connectivity index is 2.24. The van der Waals surface area contributed by atoms with Crippen LogP contribution in [0.3, 0.4) is 0 Å². The smallest absolute Gasteiger partial charge is 0.237 e. The summed E-state index contributed by atoms with van der Waals surface area (Å²) in [5.74, 6) is 6.97. The highest BCUT2D eigenvalue weighted by atomic mass is 35.5. The summed E-state index contributed by atoms with van der Waals surface area (Å²) >= 11 is 7.22. The van der Waals surface area contributed by atoms with Crippen molar-refractivity contribution in [3.8, 4) is 0 Å². The summed E-state index contributed by atoms with van der Waals surface area (Å²) in [4.78, 5) is 11.1. The Morgan fingerprint density at radius 1 is 1.73 bits per heavy atom. The second-order valence-electron chi connectivity index (χ2n) is 3.13. The first-order valence-corrected chi connectivity index (χ1v) is 5.99. The number of rotatable bonds is 5. The number of nitrogens with two attached hydrogens (primary N) is 1. The number of carbonyl (C=O) groups is 1. The predicted molar refractivity (Wildman–Crippen MR) is 61.4 cm³/mol. The summed E-state index contributed by atoms with van der Waals surface area (Å²) in [5.41, 5.74) is 2.12. The molecule has 0 bridgehead atoms. The number of halogens is 1. The summed E-state index contributed by atoms with van der Waals surface area (Å²) in [5, 5.41) is 0.387. The van der Waals surface area contributed by atoms with Crippen molar-refractivity contribution in [2.75, 3.05) is 5.75 Å². The molecular weight excluding hydrogens is 236 g/mol. The van der Waals surface area contributed by atoms with Gasteiger partial charge in [0.15, 0.2) is 5.22 Å². The van der Waals surface area contributed by atoms with Crippen LogP contribution in [0.1, 0.15) is 12.7 Å². The van der Waals surface area contributed by atoms with Crippen molar-refractivity contribution < 1.29 is 9.21 Å². The highest BCUT2D eigenvalue weighted by Gasteiger charge is 2.11. The second-order valence-corrected chi connectivity index (χ2v) is 4.53. The minimum absolute atomic E-state index is 0.106. The van der Waals surface area contributed by atoms with Crippen LogP contribution in [0.5, 0.6) is 0 Å². The molecule has 0 aliphatic carbocycles. The van der Waals surface area contributed by atoms with Gasteiger partial charge >= 0.3 is 0 Å². The first-order chi connectivity index (χ1) is 7.13. The van der Waals surface area contributed by atoms with E-state index in [-0.39, 0.29) is 11.8 Å². The third-order valence-corrected chi connectivity index (χ3v) is 3.26. The van der Waals surface area contributed by atoms with Crippen LogP contribution >= 0.6 is 23.4 Å². The third-order valence-electron chi connectivity index (χ3n) is 1.83. The molecule has 0 aliphatic heterocycles. The quantitative estimate of drug-likeness (QED) is 0.474. The molecule has 84 valence electrons. The number of hydrogen-bond donors (Lipinski definition) is 2. The number of amides is 1. The van der Waals surface area contributed by atoms with Gasteiger partial charge in [0, 0.05) is 11.7 Å². The zero-order chi connectivity index (χ0) is 11.3. The van der Waals surface area contributed by atoms with Gasteiger partial charge in [0.1, 0.15) is 5.76 Å². The lowest BCUT2D eigenvalue weighted by atomic mass is 10.2. The first kappa shape index (κ1) is 12.4. The SMILES string of the molecule is CC(CSCc1ccc(Cl)o1)C(=O)NN. The van der Waals surface area contributed by atoms with Crippen LogP contribution in [0, 0.1) is 5.92 Å². The summed E-state index contributed by atoms with van der Waals surface area (Å²) in [7, 11) is 0. The Morgan fingerprint density at radius 3 is 3.00 bits per heavy atom. The molecule has 4 nitrogen and oxygen atoms in total. The van der Waals surface area contributed by atoms with E-state index in [9.17, 15) is 4.79 Å². The Bertz CT molecular complexity index is 330. The van der Waals surface area contributed by atoms with Crippen LogP contribution in [-0.4, -0.2) is 11.7 Å². The van der Waals surface area contributed by atoms with Gasteiger partial charge in [0.25, 0.3) is 0 Å². The maximum atomic E-state index is 11.1. The Hall–Kier alpha value is -0.650. The maximum absolute atomic E-state index is 11.1. The van der Waals surface area contributed by atoms with Crippen molar-refractivity contribution in [3.63, 3.8) is 0 Å². The minimum Gasteiger partial charge on any atom is -0.449 e. The van der Waals surface area contributed by atoms with Crippen molar-refractivity contribution in [3.05, 3.63) is 23.1 Å². The molecule has 0 radical (unpaired) electrons. The molecule has 0 saturated carbocycles. The standard InChI is InChI=1S/C9H13ClN2O2S/c1-6(9(13)12-11)4-15-5-7-2-3-8(10)14-7/h2-3,6H,4-5,11H2,1H3,(H,12,13). The molecule has 0 fully saturated rings. The molecule has 0 saturated heterocycles. The van der Waals surface area contributed by atoms with Crippen molar-refractivity contribution in [2.45, 2.75) is 12.7 Å². The van der Waals surface area contributed by atoms with Gasteiger partial charge < -0.3 is 4.42 Å². The highest BCUT2D eigenvalue weighted by molar-refractivity contribution is 7.98. The molecule has 1 aromatic rings. The molecule has 0 spiro atoms. The van der Waals surface area contributed by atoms with E-state index in [4.69, 9.17) is 21.9 Å². The molecule has 0 aliphatic rings. The lowest BCUT2D eigenvalue weighted by Crippen LogP contribution is -2.35. The Kier molecular flexibility index (Phi) is 5.01. The lowest BCUT2D eigenvalue weighted by molar-refractivity contribution is -0.123. The first-order valence-electron chi connectivity index (χ1n) is 4.46. The zero-order valence-electron chi connectivity index (χ0n) is 8.33. The average molecular weight is 249 g/mol. The van der Waals surface area contributed by atoms with Gasteiger partial charge in [-0.1, -0.05) is 6.92 Å². The van der Waals surface area contributed by atoms with Crippen LogP contribution < -0.4 is 11.3 Å². The molecule has 1 aromatic heterocycles. The van der Waals surface area contributed by atoms with E-state index in [0.29, 0.717) is 16.7 Å². The van der Waals surface area contributed by atoms with Gasteiger partial charge in [0.2, 0.25) is 5.91 Å². The Labute approximate surface area is 97.5 Å². The average Bonchev–Trinajstić information content (AvgIpc) is 2.63. The topological polar surface area (TPSA) is 68.3 Å². The van der Waals surface area contributed by atoms with Gasteiger partial charge in [0.05, 0.1) is 5.75 Å². The number of hydrazine groups is 1. The molecule has 6 heteroatoms. The minimum atomic E-state index is -0.153. The number of thioether (sulfide) groups is 1. The van der Waals surface area contributed by atoms with Crippen LogP contribution in [0.4, 0.5) is 0 Å². The van der Waals surface area contributed by atoms with E-state index < -0.39 is 0 Å². The fraction of sp³-hybridized carbons (Fsp3) is 0.444. The van der Waals surface area contributed by atoms with Crippen molar-refractivity contribution in [1.29, 1.82) is 0 Å². The monoisotopic (exact) mass is 248 g/mol. The molecule has 15 heavy (non-hydrogen) atoms. The van der Waals surface area contributed by atoms with E-state index in [1.807, 2.05) is 13.0 Å². The van der Waals surface area contributed by atoms with Crippen LogP contribution in [0.15, 0.2) is 16.5 Å². The van der Waals surface area contributed by atoms with Crippen LogP contribution in [-0.2, 0) is 10.5 Å². The number of nitrogens with one attached hydrogen (secondary N) is 1. The normalized spacial score (nSPS) is 12.5.